The Hall–Kier alpha value is -3.57. The Morgan fingerprint density at radius 1 is 1.30 bits per heavy atom. The summed E-state index contributed by atoms with van der Waals surface area (Å²) in [6.07, 6.45) is 3.71. The summed E-state index contributed by atoms with van der Waals surface area (Å²) in [5, 5.41) is 10.4. The van der Waals surface area contributed by atoms with E-state index in [2.05, 4.69) is 20.2 Å². The van der Waals surface area contributed by atoms with Crippen molar-refractivity contribution in [3.8, 4) is 16.9 Å². The van der Waals surface area contributed by atoms with Crippen LogP contribution in [0.25, 0.3) is 21.6 Å². The summed E-state index contributed by atoms with van der Waals surface area (Å²) in [6, 6.07) is 15.0. The predicted molar refractivity (Wildman–Crippen MR) is 103 cm³/mol. The first-order valence-corrected chi connectivity index (χ1v) is 8.49. The molecule has 0 amide bonds. The molecule has 1 aromatic heterocycles. The van der Waals surface area contributed by atoms with Gasteiger partial charge in [0.2, 0.25) is 0 Å². The minimum absolute atomic E-state index is 0.0333. The highest BCUT2D eigenvalue weighted by atomic mass is 16.5. The Labute approximate surface area is 156 Å². The van der Waals surface area contributed by atoms with Crippen molar-refractivity contribution in [3.63, 3.8) is 0 Å². The number of rotatable bonds is 8. The van der Waals surface area contributed by atoms with Crippen LogP contribution in [-0.2, 0) is 0 Å². The Morgan fingerprint density at radius 2 is 2.11 bits per heavy atom. The van der Waals surface area contributed by atoms with Gasteiger partial charge in [0.1, 0.15) is 5.75 Å². The van der Waals surface area contributed by atoms with Gasteiger partial charge < -0.3 is 4.74 Å². The molecule has 0 spiro atoms. The van der Waals surface area contributed by atoms with Gasteiger partial charge in [-0.2, -0.15) is 5.10 Å². The smallest absolute Gasteiger partial charge is 0.163 e. The number of carbonyl (C=O) groups excluding carboxylic acids is 1. The van der Waals surface area contributed by atoms with Gasteiger partial charge in [-0.1, -0.05) is 41.5 Å². The van der Waals surface area contributed by atoms with Gasteiger partial charge in [-0.25, -0.2) is 0 Å². The normalized spacial score (nSPS) is 11.4. The molecule has 27 heavy (non-hydrogen) atoms. The molecule has 3 aromatic rings. The van der Waals surface area contributed by atoms with E-state index in [0.717, 1.165) is 16.7 Å². The highest BCUT2D eigenvalue weighted by Crippen LogP contribution is 2.31. The van der Waals surface area contributed by atoms with Crippen molar-refractivity contribution in [2.75, 3.05) is 13.7 Å². The SMILES string of the molecule is COc1cc(C(=O)C[C@H](CN=[N+]=[N-])c2ccccc2)ccc1-c1cn[nH]c1. The van der Waals surface area contributed by atoms with Crippen molar-refractivity contribution in [2.45, 2.75) is 12.3 Å². The van der Waals surface area contributed by atoms with Crippen LogP contribution in [0.1, 0.15) is 28.3 Å². The number of azide groups is 1. The van der Waals surface area contributed by atoms with Crippen molar-refractivity contribution in [2.24, 2.45) is 5.11 Å². The fourth-order valence-corrected chi connectivity index (χ4v) is 2.99. The molecule has 0 unspecified atom stereocenters. The van der Waals surface area contributed by atoms with Crippen LogP contribution >= 0.6 is 0 Å². The molecular weight excluding hydrogens is 342 g/mol. The quantitative estimate of drug-likeness (QED) is 0.271. The molecule has 0 radical (unpaired) electrons. The molecule has 0 saturated carbocycles. The molecule has 0 saturated heterocycles. The number of hydrogen-bond acceptors (Lipinski definition) is 4. The van der Waals surface area contributed by atoms with Gasteiger partial charge in [0.05, 0.1) is 13.3 Å². The third-order valence-electron chi connectivity index (χ3n) is 4.40. The number of H-pyrrole nitrogens is 1. The van der Waals surface area contributed by atoms with Gasteiger partial charge in [0.25, 0.3) is 0 Å². The van der Waals surface area contributed by atoms with Crippen LogP contribution in [0.2, 0.25) is 0 Å². The van der Waals surface area contributed by atoms with Crippen LogP contribution in [0, 0.1) is 0 Å². The lowest BCUT2D eigenvalue weighted by Gasteiger charge is -2.15. The first-order chi connectivity index (χ1) is 13.2. The molecule has 1 N–H and O–H groups in total. The minimum Gasteiger partial charge on any atom is -0.496 e. The van der Waals surface area contributed by atoms with E-state index in [0.29, 0.717) is 11.3 Å². The number of methoxy groups -OCH3 is 1. The van der Waals surface area contributed by atoms with Crippen molar-refractivity contribution in [1.82, 2.24) is 10.2 Å². The van der Waals surface area contributed by atoms with Crippen molar-refractivity contribution >= 4 is 5.78 Å². The van der Waals surface area contributed by atoms with E-state index in [9.17, 15) is 4.79 Å². The first kappa shape index (κ1) is 18.2. The molecule has 0 aliphatic heterocycles. The number of nitrogens with zero attached hydrogens (tertiary/aromatic N) is 4. The fourth-order valence-electron chi connectivity index (χ4n) is 2.99. The summed E-state index contributed by atoms with van der Waals surface area (Å²) >= 11 is 0. The molecule has 0 aliphatic rings. The second-order valence-electron chi connectivity index (χ2n) is 6.05. The van der Waals surface area contributed by atoms with Crippen LogP contribution < -0.4 is 4.74 Å². The molecule has 7 nitrogen and oxygen atoms in total. The monoisotopic (exact) mass is 361 g/mol. The van der Waals surface area contributed by atoms with E-state index in [1.165, 1.54) is 0 Å². The van der Waals surface area contributed by atoms with Crippen molar-refractivity contribution in [1.29, 1.82) is 0 Å². The first-order valence-electron chi connectivity index (χ1n) is 8.49. The molecule has 3 rings (SSSR count). The zero-order valence-corrected chi connectivity index (χ0v) is 14.9. The lowest BCUT2D eigenvalue weighted by atomic mass is 9.91. The van der Waals surface area contributed by atoms with E-state index in [1.54, 1.807) is 31.6 Å². The number of nitrogens with one attached hydrogen (secondary N) is 1. The number of Topliss-reactive ketones (excluding diaryl/α,β-unsaturated/α-hetero) is 1. The van der Waals surface area contributed by atoms with Crippen LogP contribution in [0.5, 0.6) is 5.75 Å². The third kappa shape index (κ3) is 4.34. The van der Waals surface area contributed by atoms with Gasteiger partial charge in [0, 0.05) is 40.8 Å². The van der Waals surface area contributed by atoms with Crippen molar-refractivity contribution < 1.29 is 9.53 Å². The molecule has 0 aliphatic carbocycles. The maximum absolute atomic E-state index is 12.8. The number of aromatic nitrogens is 2. The summed E-state index contributed by atoms with van der Waals surface area (Å²) in [5.41, 5.74) is 11.9. The van der Waals surface area contributed by atoms with Gasteiger partial charge in [-0.3, -0.25) is 9.89 Å². The number of ether oxygens (including phenoxy) is 1. The third-order valence-corrected chi connectivity index (χ3v) is 4.40. The molecule has 1 heterocycles. The number of carbonyl (C=O) groups is 1. The standard InChI is InChI=1S/C20H19N5O2/c1-27-20-10-15(7-8-18(20)17-12-22-23-13-17)19(26)9-16(11-24-25-21)14-5-3-2-4-6-14/h2-8,10,12-13,16H,9,11H2,1H3,(H,22,23)/t16-/m1/s1. The summed E-state index contributed by atoms with van der Waals surface area (Å²) in [7, 11) is 1.57. The van der Waals surface area contributed by atoms with Gasteiger partial charge in [-0.05, 0) is 29.1 Å². The summed E-state index contributed by atoms with van der Waals surface area (Å²) in [5.74, 6) is 0.400. The second kappa shape index (κ2) is 8.69. The zero-order chi connectivity index (χ0) is 19.1. The lowest BCUT2D eigenvalue weighted by Crippen LogP contribution is -2.10. The molecule has 2 aromatic carbocycles. The van der Waals surface area contributed by atoms with Gasteiger partial charge in [0.15, 0.2) is 5.78 Å². The molecule has 7 heteroatoms. The molecule has 136 valence electrons. The van der Waals surface area contributed by atoms with Crippen LogP contribution in [0.15, 0.2) is 66.0 Å². The maximum atomic E-state index is 12.8. The molecule has 1 atom stereocenters. The van der Waals surface area contributed by atoms with E-state index in [4.69, 9.17) is 10.3 Å². The van der Waals surface area contributed by atoms with Crippen LogP contribution in [-0.4, -0.2) is 29.6 Å². The number of aromatic amines is 1. The summed E-state index contributed by atoms with van der Waals surface area (Å²) < 4.78 is 5.45. The Bertz CT molecular complexity index is 948. The fraction of sp³-hybridized carbons (Fsp3) is 0.200. The second-order valence-corrected chi connectivity index (χ2v) is 6.05. The number of benzene rings is 2. The predicted octanol–water partition coefficient (Wildman–Crippen LogP) is 4.75. The van der Waals surface area contributed by atoms with Gasteiger partial charge in [-0.15, -0.1) is 0 Å². The van der Waals surface area contributed by atoms with E-state index < -0.39 is 0 Å². The molecule has 0 bridgehead atoms. The largest absolute Gasteiger partial charge is 0.496 e. The lowest BCUT2D eigenvalue weighted by molar-refractivity contribution is 0.0974. The number of hydrogen-bond donors (Lipinski definition) is 1. The van der Waals surface area contributed by atoms with Gasteiger partial charge >= 0.3 is 0 Å². The van der Waals surface area contributed by atoms with E-state index in [1.807, 2.05) is 36.4 Å². The molecule has 0 fully saturated rings. The zero-order valence-electron chi connectivity index (χ0n) is 14.9. The van der Waals surface area contributed by atoms with E-state index in [-0.39, 0.29) is 24.7 Å². The summed E-state index contributed by atoms with van der Waals surface area (Å²) in [4.78, 5) is 15.7. The summed E-state index contributed by atoms with van der Waals surface area (Å²) in [6.45, 7) is 0.233. The Kier molecular flexibility index (Phi) is 5.87. The number of ketones is 1. The Morgan fingerprint density at radius 3 is 2.78 bits per heavy atom. The van der Waals surface area contributed by atoms with Crippen molar-refractivity contribution in [3.05, 3.63) is 82.5 Å². The molecular formula is C20H19N5O2. The maximum Gasteiger partial charge on any atom is 0.163 e. The average molecular weight is 361 g/mol. The van der Waals surface area contributed by atoms with Crippen LogP contribution in [0.3, 0.4) is 0 Å². The van der Waals surface area contributed by atoms with E-state index >= 15 is 0 Å². The average Bonchev–Trinajstić information content (AvgIpc) is 3.25. The highest BCUT2D eigenvalue weighted by Gasteiger charge is 2.18. The topological polar surface area (TPSA) is 104 Å². The minimum atomic E-state index is -0.172. The van der Waals surface area contributed by atoms with Crippen LogP contribution in [0.4, 0.5) is 0 Å². The Balaban J connectivity index is 1.84. The highest BCUT2D eigenvalue weighted by molar-refractivity contribution is 5.97.